The van der Waals surface area contributed by atoms with Crippen LogP contribution in [0.15, 0.2) is 24.4 Å². The number of halogens is 1. The lowest BCUT2D eigenvalue weighted by Crippen LogP contribution is -2.60. The quantitative estimate of drug-likeness (QED) is 0.276. The van der Waals surface area contributed by atoms with Crippen molar-refractivity contribution in [2.45, 2.75) is 30.7 Å². The van der Waals surface area contributed by atoms with Crippen LogP contribution in [0.25, 0.3) is 10.9 Å². The summed E-state index contributed by atoms with van der Waals surface area (Å²) in [5, 5.41) is 30.7. The summed E-state index contributed by atoms with van der Waals surface area (Å²) >= 11 is 2.12. The molecular weight excluding hydrogens is 485 g/mol. The molecule has 1 aromatic carbocycles. The summed E-state index contributed by atoms with van der Waals surface area (Å²) in [6, 6.07) is 5.56. The van der Waals surface area contributed by atoms with E-state index < -0.39 is 47.7 Å². The van der Waals surface area contributed by atoms with E-state index in [9.17, 15) is 23.7 Å². The minimum atomic E-state index is -4.76. The third-order valence-corrected chi connectivity index (χ3v) is 5.00. The van der Waals surface area contributed by atoms with Gasteiger partial charge in [-0.05, 0) is 40.8 Å². The lowest BCUT2D eigenvalue weighted by Gasteiger charge is -2.39. The molecule has 0 bridgehead atoms. The van der Waals surface area contributed by atoms with Gasteiger partial charge in [0.15, 0.2) is 0 Å². The number of hydrogen-bond acceptors (Lipinski definition) is 8. The molecule has 0 spiro atoms. The summed E-state index contributed by atoms with van der Waals surface area (Å²) in [4.78, 5) is 2.98. The van der Waals surface area contributed by atoms with Crippen molar-refractivity contribution in [2.75, 3.05) is 6.61 Å². The molecule has 2 aromatic rings. The molecular formula is C14H16INO9S. The van der Waals surface area contributed by atoms with E-state index in [1.54, 1.807) is 0 Å². The van der Waals surface area contributed by atoms with Crippen molar-refractivity contribution in [3.63, 3.8) is 0 Å². The van der Waals surface area contributed by atoms with Crippen LogP contribution in [0.2, 0.25) is 0 Å². The molecule has 1 aliphatic rings. The maximum Gasteiger partial charge on any atom is 0.397 e. The Hall–Kier alpha value is -1.00. The molecule has 1 aliphatic heterocycles. The van der Waals surface area contributed by atoms with Gasteiger partial charge in [-0.15, -0.1) is 0 Å². The zero-order valence-corrected chi connectivity index (χ0v) is 16.0. The largest absolute Gasteiger partial charge is 0.460 e. The van der Waals surface area contributed by atoms with Gasteiger partial charge in [-0.3, -0.25) is 4.55 Å². The van der Waals surface area contributed by atoms with Crippen LogP contribution in [0.4, 0.5) is 0 Å². The molecule has 5 atom stereocenters. The molecule has 0 amide bonds. The van der Waals surface area contributed by atoms with Crippen molar-refractivity contribution in [2.24, 2.45) is 0 Å². The van der Waals surface area contributed by atoms with E-state index in [4.69, 9.17) is 14.0 Å². The lowest BCUT2D eigenvalue weighted by atomic mass is 9.99. The van der Waals surface area contributed by atoms with Crippen LogP contribution < -0.4 is 4.74 Å². The fraction of sp³-hybridized carbons (Fsp3) is 0.429. The molecule has 1 aromatic heterocycles. The van der Waals surface area contributed by atoms with Crippen molar-refractivity contribution in [1.82, 2.24) is 4.98 Å². The number of aliphatic hydroxyl groups excluding tert-OH is 3. The Kier molecular flexibility index (Phi) is 5.74. The summed E-state index contributed by atoms with van der Waals surface area (Å²) in [6.07, 6.45) is -6.13. The van der Waals surface area contributed by atoms with Gasteiger partial charge in [-0.1, -0.05) is 0 Å². The number of hydrogen-bond donors (Lipinski definition) is 5. The van der Waals surface area contributed by atoms with Crippen LogP contribution in [-0.2, 0) is 19.3 Å². The third kappa shape index (κ3) is 4.28. The molecule has 10 nitrogen and oxygen atoms in total. The average Bonchev–Trinajstić information content (AvgIpc) is 2.95. The minimum Gasteiger partial charge on any atom is -0.460 e. The molecule has 3 rings (SSSR count). The van der Waals surface area contributed by atoms with E-state index in [1.165, 1.54) is 6.20 Å². The highest BCUT2D eigenvalue weighted by Crippen LogP contribution is 2.31. The first kappa shape index (κ1) is 19.8. The topological polar surface area (TPSA) is 159 Å². The van der Waals surface area contributed by atoms with E-state index in [0.29, 0.717) is 11.1 Å². The highest BCUT2D eigenvalue weighted by Gasteiger charge is 2.45. The smallest absolute Gasteiger partial charge is 0.397 e. The van der Waals surface area contributed by atoms with Gasteiger partial charge in [0.25, 0.3) is 0 Å². The standard InChI is InChI=1S/C14H16INO9S/c15-6-1-2-8-7(3-6)9(4-16-8)24-14-13(19)12(18)11(17)10(25-14)5-23-26(20,21)22/h1-4,10-14,16-19H,5H2,(H,20,21,22)/t10?,11-,12+,13?,14+/m0/s1. The number of benzene rings is 1. The van der Waals surface area contributed by atoms with Crippen LogP contribution in [-0.4, -0.2) is 70.6 Å². The Morgan fingerprint density at radius 2 is 1.92 bits per heavy atom. The molecule has 5 N–H and O–H groups in total. The second-order valence-electron chi connectivity index (χ2n) is 5.69. The molecule has 1 fully saturated rings. The van der Waals surface area contributed by atoms with Gasteiger partial charge in [0.05, 0.1) is 6.61 Å². The van der Waals surface area contributed by atoms with Crippen molar-refractivity contribution >= 4 is 43.9 Å². The zero-order valence-electron chi connectivity index (χ0n) is 13.0. The third-order valence-electron chi connectivity index (χ3n) is 3.90. The molecule has 0 radical (unpaired) electrons. The van der Waals surface area contributed by atoms with Crippen molar-refractivity contribution in [3.05, 3.63) is 28.0 Å². The molecule has 0 saturated carbocycles. The fourth-order valence-corrected chi connectivity index (χ4v) is 3.39. The Bertz CT molecular complexity index is 886. The Balaban J connectivity index is 1.80. The van der Waals surface area contributed by atoms with Crippen molar-refractivity contribution in [1.29, 1.82) is 0 Å². The van der Waals surface area contributed by atoms with Gasteiger partial charge in [-0.2, -0.15) is 8.42 Å². The van der Waals surface area contributed by atoms with Gasteiger partial charge in [0, 0.05) is 20.7 Å². The number of aromatic nitrogens is 1. The molecule has 0 aliphatic carbocycles. The van der Waals surface area contributed by atoms with Gasteiger partial charge in [0.1, 0.15) is 30.2 Å². The predicted octanol–water partition coefficient (Wildman–Crippen LogP) is -0.222. The van der Waals surface area contributed by atoms with Crippen LogP contribution in [0.3, 0.4) is 0 Å². The SMILES string of the molecule is O=S(=O)(O)OCC1O[C@@H](Oc2c[nH]c3ccc(I)cc23)C(O)[C@H](O)[C@H]1O. The highest BCUT2D eigenvalue weighted by molar-refractivity contribution is 14.1. The molecule has 2 heterocycles. The summed E-state index contributed by atoms with van der Waals surface area (Å²) in [6.45, 7) is -0.768. The van der Waals surface area contributed by atoms with E-state index in [2.05, 4.69) is 31.8 Å². The van der Waals surface area contributed by atoms with Crippen LogP contribution in [0.5, 0.6) is 5.75 Å². The van der Waals surface area contributed by atoms with E-state index in [0.717, 1.165) is 9.09 Å². The molecule has 26 heavy (non-hydrogen) atoms. The maximum atomic E-state index is 10.7. The monoisotopic (exact) mass is 501 g/mol. The number of rotatable bonds is 5. The number of H-pyrrole nitrogens is 1. The highest BCUT2D eigenvalue weighted by atomic mass is 127. The van der Waals surface area contributed by atoms with Gasteiger partial charge < -0.3 is 29.8 Å². The first-order valence-electron chi connectivity index (χ1n) is 7.40. The first-order valence-corrected chi connectivity index (χ1v) is 9.85. The Morgan fingerprint density at radius 1 is 1.19 bits per heavy atom. The number of ether oxygens (including phenoxy) is 2. The normalized spacial score (nSPS) is 29.8. The minimum absolute atomic E-state index is 0.334. The Morgan fingerprint density at radius 3 is 2.62 bits per heavy atom. The van der Waals surface area contributed by atoms with Gasteiger partial charge >= 0.3 is 10.4 Å². The second kappa shape index (κ2) is 7.55. The fourth-order valence-electron chi connectivity index (χ4n) is 2.59. The predicted molar refractivity (Wildman–Crippen MR) is 95.8 cm³/mol. The molecule has 2 unspecified atom stereocenters. The number of aromatic amines is 1. The van der Waals surface area contributed by atoms with Gasteiger partial charge in [-0.25, -0.2) is 4.18 Å². The first-order chi connectivity index (χ1) is 12.2. The zero-order chi connectivity index (χ0) is 19.1. The number of nitrogens with one attached hydrogen (secondary N) is 1. The van der Waals surface area contributed by atoms with E-state index in [-0.39, 0.29) is 0 Å². The van der Waals surface area contributed by atoms with Crippen molar-refractivity contribution < 1.29 is 41.9 Å². The van der Waals surface area contributed by atoms with E-state index in [1.807, 2.05) is 18.2 Å². The molecule has 144 valence electrons. The van der Waals surface area contributed by atoms with Crippen LogP contribution >= 0.6 is 22.6 Å². The molecule has 1 saturated heterocycles. The number of aliphatic hydroxyl groups is 3. The second-order valence-corrected chi connectivity index (χ2v) is 8.02. The summed E-state index contributed by atoms with van der Waals surface area (Å²) < 4.78 is 46.1. The lowest BCUT2D eigenvalue weighted by molar-refractivity contribution is -0.276. The van der Waals surface area contributed by atoms with E-state index >= 15 is 0 Å². The average molecular weight is 501 g/mol. The summed E-state index contributed by atoms with van der Waals surface area (Å²) in [5.74, 6) is 0.334. The number of fused-ring (bicyclic) bond motifs is 1. The maximum absolute atomic E-state index is 10.7. The molecule has 12 heteroatoms. The summed E-state index contributed by atoms with van der Waals surface area (Å²) in [5.41, 5.74) is 0.776. The van der Waals surface area contributed by atoms with Gasteiger partial charge in [0.2, 0.25) is 6.29 Å². The Labute approximate surface area is 161 Å². The van der Waals surface area contributed by atoms with Crippen LogP contribution in [0, 0.1) is 3.57 Å². The summed E-state index contributed by atoms with van der Waals surface area (Å²) in [7, 11) is -4.76. The van der Waals surface area contributed by atoms with Crippen LogP contribution in [0.1, 0.15) is 0 Å². The van der Waals surface area contributed by atoms with Crippen molar-refractivity contribution in [3.8, 4) is 5.75 Å².